The summed E-state index contributed by atoms with van der Waals surface area (Å²) in [7, 11) is -4.42. The maximum absolute atomic E-state index is 13.3. The zero-order chi connectivity index (χ0) is 24.2. The molecule has 33 heavy (non-hydrogen) atoms. The highest BCUT2D eigenvalue weighted by Gasteiger charge is 2.34. The van der Waals surface area contributed by atoms with Crippen molar-refractivity contribution < 1.29 is 26.4 Å². The molecule has 0 bridgehead atoms. The van der Waals surface area contributed by atoms with Gasteiger partial charge < -0.3 is 5.32 Å². The van der Waals surface area contributed by atoms with Gasteiger partial charge in [-0.05, 0) is 54.8 Å². The van der Waals surface area contributed by atoms with Crippen LogP contribution in [0.25, 0.3) is 0 Å². The quantitative estimate of drug-likeness (QED) is 0.398. The van der Waals surface area contributed by atoms with Crippen LogP contribution in [-0.4, -0.2) is 27.1 Å². The van der Waals surface area contributed by atoms with Crippen LogP contribution >= 0.6 is 23.4 Å². The van der Waals surface area contributed by atoms with Gasteiger partial charge in [-0.25, -0.2) is 8.42 Å². The highest BCUT2D eigenvalue weighted by molar-refractivity contribution is 7.98. The number of halogens is 4. The summed E-state index contributed by atoms with van der Waals surface area (Å²) < 4.78 is 67.2. The molecule has 11 heteroatoms. The van der Waals surface area contributed by atoms with Crippen molar-refractivity contribution in [2.75, 3.05) is 22.4 Å². The molecule has 0 aliphatic carbocycles. The largest absolute Gasteiger partial charge is 0.416 e. The SMILES string of the molecule is CSc1cccc(NC(=O)CN(c2cc(C(F)(F)F)ccc2Cl)S(=O)(=O)c2ccccc2)c1. The Morgan fingerprint density at radius 3 is 2.36 bits per heavy atom. The summed E-state index contributed by atoms with van der Waals surface area (Å²) in [6.07, 6.45) is -2.88. The first-order valence-electron chi connectivity index (χ1n) is 9.41. The second-order valence-corrected chi connectivity index (χ2v) is 9.92. The molecule has 3 rings (SSSR count). The topological polar surface area (TPSA) is 66.5 Å². The third kappa shape index (κ3) is 6.01. The Balaban J connectivity index is 2.04. The number of carbonyl (C=O) groups is 1. The molecule has 5 nitrogen and oxygen atoms in total. The van der Waals surface area contributed by atoms with Crippen LogP contribution in [0.15, 0.2) is 82.6 Å². The predicted octanol–water partition coefficient (Wildman–Crippen LogP) is 5.91. The van der Waals surface area contributed by atoms with Gasteiger partial charge in [0.15, 0.2) is 0 Å². The summed E-state index contributed by atoms with van der Waals surface area (Å²) in [6, 6.07) is 16.2. The molecule has 0 spiro atoms. The Labute approximate surface area is 198 Å². The fourth-order valence-electron chi connectivity index (χ4n) is 2.93. The van der Waals surface area contributed by atoms with E-state index in [1.165, 1.54) is 36.0 Å². The number of anilines is 2. The van der Waals surface area contributed by atoms with E-state index in [4.69, 9.17) is 11.6 Å². The molecule has 1 amide bonds. The zero-order valence-electron chi connectivity index (χ0n) is 17.1. The van der Waals surface area contributed by atoms with Crippen molar-refractivity contribution in [1.82, 2.24) is 0 Å². The van der Waals surface area contributed by atoms with Gasteiger partial charge in [0.25, 0.3) is 10.0 Å². The summed E-state index contributed by atoms with van der Waals surface area (Å²) in [5.74, 6) is -0.749. The van der Waals surface area contributed by atoms with E-state index in [1.54, 1.807) is 24.3 Å². The van der Waals surface area contributed by atoms with Crippen molar-refractivity contribution in [1.29, 1.82) is 0 Å². The van der Waals surface area contributed by atoms with Gasteiger partial charge in [0.2, 0.25) is 5.91 Å². The van der Waals surface area contributed by atoms with E-state index in [1.807, 2.05) is 12.3 Å². The van der Waals surface area contributed by atoms with Crippen molar-refractivity contribution in [2.24, 2.45) is 0 Å². The van der Waals surface area contributed by atoms with Crippen molar-refractivity contribution in [3.63, 3.8) is 0 Å². The molecule has 174 valence electrons. The van der Waals surface area contributed by atoms with E-state index < -0.39 is 39.9 Å². The zero-order valence-corrected chi connectivity index (χ0v) is 19.5. The normalized spacial score (nSPS) is 11.8. The van der Waals surface area contributed by atoms with Gasteiger partial charge in [-0.2, -0.15) is 13.2 Å². The monoisotopic (exact) mass is 514 g/mol. The molecule has 3 aromatic rings. The Morgan fingerprint density at radius 1 is 1.03 bits per heavy atom. The summed E-state index contributed by atoms with van der Waals surface area (Å²) in [5.41, 5.74) is -1.13. The molecule has 0 atom stereocenters. The highest BCUT2D eigenvalue weighted by atomic mass is 35.5. The van der Waals surface area contributed by atoms with Crippen molar-refractivity contribution in [2.45, 2.75) is 16.0 Å². The number of amides is 1. The number of hydrogen-bond acceptors (Lipinski definition) is 4. The third-order valence-electron chi connectivity index (χ3n) is 4.51. The van der Waals surface area contributed by atoms with Crippen molar-refractivity contribution in [3.8, 4) is 0 Å². The van der Waals surface area contributed by atoms with Gasteiger partial charge in [-0.1, -0.05) is 35.9 Å². The summed E-state index contributed by atoms with van der Waals surface area (Å²) in [6.45, 7) is -0.790. The Bertz CT molecular complexity index is 1250. The van der Waals surface area contributed by atoms with Gasteiger partial charge in [-0.3, -0.25) is 9.10 Å². The number of sulfonamides is 1. The lowest BCUT2D eigenvalue weighted by Gasteiger charge is -2.26. The molecule has 0 saturated heterocycles. The molecular formula is C22H18ClF3N2O3S2. The number of nitrogens with one attached hydrogen (secondary N) is 1. The lowest BCUT2D eigenvalue weighted by molar-refractivity contribution is -0.137. The van der Waals surface area contributed by atoms with E-state index in [9.17, 15) is 26.4 Å². The molecule has 0 fully saturated rings. The molecule has 3 aromatic carbocycles. The van der Waals surface area contributed by atoms with Crippen LogP contribution in [0.1, 0.15) is 5.56 Å². The van der Waals surface area contributed by atoms with Crippen LogP contribution in [0.5, 0.6) is 0 Å². The van der Waals surface area contributed by atoms with E-state index in [-0.39, 0.29) is 9.92 Å². The minimum absolute atomic E-state index is 0.198. The molecule has 0 aromatic heterocycles. The number of alkyl halides is 3. The molecule has 0 aliphatic heterocycles. The average molecular weight is 515 g/mol. The average Bonchev–Trinajstić information content (AvgIpc) is 2.78. The summed E-state index contributed by atoms with van der Waals surface area (Å²) >= 11 is 7.56. The standard InChI is InChI=1S/C22H18ClF3N2O3S2/c1-32-17-7-5-6-16(13-17)27-21(29)14-28(33(30,31)18-8-3-2-4-9-18)20-12-15(22(24,25)26)10-11-19(20)23/h2-13H,14H2,1H3,(H,27,29). The Kier molecular flexibility index (Phi) is 7.61. The first kappa shape index (κ1) is 24.9. The van der Waals surface area contributed by atoms with Gasteiger partial charge in [0.1, 0.15) is 6.54 Å². The number of thioether (sulfide) groups is 1. The number of hydrogen-bond donors (Lipinski definition) is 1. The maximum Gasteiger partial charge on any atom is 0.416 e. The van der Waals surface area contributed by atoms with Crippen LogP contribution in [0, 0.1) is 0 Å². The summed E-state index contributed by atoms with van der Waals surface area (Å²) in [5, 5.41) is 2.33. The molecule has 0 radical (unpaired) electrons. The van der Waals surface area contributed by atoms with Crippen molar-refractivity contribution in [3.05, 3.63) is 83.4 Å². The minimum atomic E-state index is -4.73. The van der Waals surface area contributed by atoms with E-state index in [0.29, 0.717) is 16.1 Å². The Hall–Kier alpha value is -2.69. The first-order valence-corrected chi connectivity index (χ1v) is 12.4. The van der Waals surface area contributed by atoms with Gasteiger partial charge in [0, 0.05) is 10.6 Å². The minimum Gasteiger partial charge on any atom is -0.324 e. The fourth-order valence-corrected chi connectivity index (χ4v) is 5.11. The molecule has 0 aliphatic rings. The van der Waals surface area contributed by atoms with E-state index in [0.717, 1.165) is 17.0 Å². The molecule has 0 heterocycles. The predicted molar refractivity (Wildman–Crippen MR) is 124 cm³/mol. The number of carbonyl (C=O) groups excluding carboxylic acids is 1. The Morgan fingerprint density at radius 2 is 1.73 bits per heavy atom. The number of benzene rings is 3. The molecule has 0 saturated carbocycles. The fraction of sp³-hybridized carbons (Fsp3) is 0.136. The van der Waals surface area contributed by atoms with E-state index >= 15 is 0 Å². The van der Waals surface area contributed by atoms with Gasteiger partial charge in [0.05, 0.1) is 21.2 Å². The van der Waals surface area contributed by atoms with E-state index in [2.05, 4.69) is 5.32 Å². The number of rotatable bonds is 7. The molecular weight excluding hydrogens is 497 g/mol. The lowest BCUT2D eigenvalue weighted by Crippen LogP contribution is -2.38. The van der Waals surface area contributed by atoms with Crippen LogP contribution in [0.3, 0.4) is 0 Å². The lowest BCUT2D eigenvalue weighted by atomic mass is 10.2. The van der Waals surface area contributed by atoms with Crippen LogP contribution in [0.4, 0.5) is 24.5 Å². The maximum atomic E-state index is 13.3. The summed E-state index contributed by atoms with van der Waals surface area (Å²) in [4.78, 5) is 13.4. The van der Waals surface area contributed by atoms with Crippen LogP contribution in [0.2, 0.25) is 5.02 Å². The van der Waals surface area contributed by atoms with Crippen LogP contribution < -0.4 is 9.62 Å². The second-order valence-electron chi connectivity index (χ2n) is 6.77. The van der Waals surface area contributed by atoms with Gasteiger partial charge >= 0.3 is 6.18 Å². The highest BCUT2D eigenvalue weighted by Crippen LogP contribution is 2.37. The van der Waals surface area contributed by atoms with Gasteiger partial charge in [-0.15, -0.1) is 11.8 Å². The third-order valence-corrected chi connectivity index (χ3v) is 7.33. The van der Waals surface area contributed by atoms with Crippen LogP contribution in [-0.2, 0) is 21.0 Å². The van der Waals surface area contributed by atoms with Crippen molar-refractivity contribution >= 4 is 50.7 Å². The second kappa shape index (κ2) is 10.1. The smallest absolute Gasteiger partial charge is 0.324 e. The molecule has 0 unspecified atom stereocenters. The first-order chi connectivity index (χ1) is 15.5. The molecule has 1 N–H and O–H groups in total. The number of nitrogens with zero attached hydrogens (tertiary/aromatic N) is 1.